The van der Waals surface area contributed by atoms with Gasteiger partial charge in [-0.3, -0.25) is 0 Å². The van der Waals surface area contributed by atoms with Crippen LogP contribution < -0.4 is 4.74 Å². The van der Waals surface area contributed by atoms with E-state index in [9.17, 15) is 5.11 Å². The van der Waals surface area contributed by atoms with Gasteiger partial charge in [-0.1, -0.05) is 15.9 Å². The fraction of sp³-hybridized carbons (Fsp3) is 0.500. The largest absolute Gasteiger partial charge is 0.493 e. The molecule has 0 unspecified atom stereocenters. The van der Waals surface area contributed by atoms with Crippen LogP contribution >= 0.6 is 15.9 Å². The second kappa shape index (κ2) is 4.14. The van der Waals surface area contributed by atoms with Crippen LogP contribution in [0.25, 0.3) is 0 Å². The van der Waals surface area contributed by atoms with E-state index in [2.05, 4.69) is 15.9 Å². The van der Waals surface area contributed by atoms with Crippen molar-refractivity contribution in [1.29, 1.82) is 0 Å². The van der Waals surface area contributed by atoms with E-state index in [4.69, 9.17) is 4.74 Å². The van der Waals surface area contributed by atoms with Gasteiger partial charge in [-0.15, -0.1) is 0 Å². The third-order valence-electron chi connectivity index (χ3n) is 2.91. The van der Waals surface area contributed by atoms with Gasteiger partial charge in [0.25, 0.3) is 0 Å². The molecule has 0 saturated heterocycles. The minimum atomic E-state index is -0.389. The first kappa shape index (κ1) is 11.0. The van der Waals surface area contributed by atoms with Crippen LogP contribution in [0.3, 0.4) is 0 Å². The van der Waals surface area contributed by atoms with Crippen LogP contribution in [0.4, 0.5) is 0 Å². The highest BCUT2D eigenvalue weighted by Crippen LogP contribution is 2.38. The molecule has 3 heteroatoms. The number of aryl methyl sites for hydroxylation is 1. The summed E-state index contributed by atoms with van der Waals surface area (Å²) in [5.41, 5.74) is 3.20. The molecule has 1 aliphatic rings. The zero-order chi connectivity index (χ0) is 11.0. The molecule has 2 rings (SSSR count). The van der Waals surface area contributed by atoms with Gasteiger partial charge in [-0.05, 0) is 43.9 Å². The molecule has 0 fully saturated rings. The predicted molar refractivity (Wildman–Crippen MR) is 63.3 cm³/mol. The number of fused-ring (bicyclic) bond motifs is 1. The number of rotatable bonds is 0. The number of benzene rings is 1. The summed E-state index contributed by atoms with van der Waals surface area (Å²) >= 11 is 3.54. The molecule has 1 atom stereocenters. The molecule has 0 saturated carbocycles. The van der Waals surface area contributed by atoms with E-state index in [0.29, 0.717) is 6.61 Å². The fourth-order valence-electron chi connectivity index (χ4n) is 2.07. The molecule has 15 heavy (non-hydrogen) atoms. The van der Waals surface area contributed by atoms with Crippen molar-refractivity contribution in [1.82, 2.24) is 0 Å². The summed E-state index contributed by atoms with van der Waals surface area (Å²) in [7, 11) is 0. The number of ether oxygens (including phenoxy) is 1. The quantitative estimate of drug-likeness (QED) is 0.784. The Morgan fingerprint density at radius 3 is 2.93 bits per heavy atom. The van der Waals surface area contributed by atoms with Gasteiger partial charge in [-0.2, -0.15) is 0 Å². The van der Waals surface area contributed by atoms with Crippen molar-refractivity contribution in [3.05, 3.63) is 27.2 Å². The molecule has 2 nitrogen and oxygen atoms in total. The van der Waals surface area contributed by atoms with Crippen molar-refractivity contribution in [2.24, 2.45) is 0 Å². The Hall–Kier alpha value is -0.540. The number of halogens is 1. The van der Waals surface area contributed by atoms with Crippen molar-refractivity contribution < 1.29 is 9.84 Å². The standard InChI is InChI=1S/C12H15BrO2/c1-7-6-10-11(8(2)12(7)13)9(14)4-3-5-15-10/h6,9,14H,3-5H2,1-2H3/t9-/m1/s1. The van der Waals surface area contributed by atoms with Gasteiger partial charge in [0.1, 0.15) is 5.75 Å². The lowest BCUT2D eigenvalue weighted by molar-refractivity contribution is 0.166. The van der Waals surface area contributed by atoms with Crippen molar-refractivity contribution in [2.75, 3.05) is 6.61 Å². The summed E-state index contributed by atoms with van der Waals surface area (Å²) in [5.74, 6) is 0.846. The summed E-state index contributed by atoms with van der Waals surface area (Å²) in [6.45, 7) is 4.76. The first-order chi connectivity index (χ1) is 7.11. The molecule has 0 amide bonds. The molecule has 0 spiro atoms. The maximum absolute atomic E-state index is 10.0. The Morgan fingerprint density at radius 1 is 1.47 bits per heavy atom. The average molecular weight is 271 g/mol. The van der Waals surface area contributed by atoms with Crippen molar-refractivity contribution in [3.63, 3.8) is 0 Å². The van der Waals surface area contributed by atoms with Crippen LogP contribution in [0, 0.1) is 13.8 Å². The highest BCUT2D eigenvalue weighted by molar-refractivity contribution is 9.10. The number of hydrogen-bond donors (Lipinski definition) is 1. The Balaban J connectivity index is 2.61. The van der Waals surface area contributed by atoms with Crippen LogP contribution in [0.2, 0.25) is 0 Å². The normalized spacial score (nSPS) is 20.4. The highest BCUT2D eigenvalue weighted by atomic mass is 79.9. The summed E-state index contributed by atoms with van der Waals surface area (Å²) in [4.78, 5) is 0. The number of aliphatic hydroxyl groups excluding tert-OH is 1. The van der Waals surface area contributed by atoms with Gasteiger partial charge in [0, 0.05) is 10.0 Å². The zero-order valence-corrected chi connectivity index (χ0v) is 10.6. The molecule has 0 radical (unpaired) electrons. The maximum Gasteiger partial charge on any atom is 0.125 e. The fourth-order valence-corrected chi connectivity index (χ4v) is 2.40. The third kappa shape index (κ3) is 1.91. The van der Waals surface area contributed by atoms with Gasteiger partial charge in [0.05, 0.1) is 12.7 Å². The van der Waals surface area contributed by atoms with Crippen molar-refractivity contribution >= 4 is 15.9 Å². The van der Waals surface area contributed by atoms with E-state index in [1.165, 1.54) is 0 Å². The van der Waals surface area contributed by atoms with E-state index in [1.807, 2.05) is 19.9 Å². The van der Waals surface area contributed by atoms with Crippen molar-refractivity contribution in [2.45, 2.75) is 32.8 Å². The molecular weight excluding hydrogens is 256 g/mol. The number of aliphatic hydroxyl groups is 1. The lowest BCUT2D eigenvalue weighted by Crippen LogP contribution is -2.01. The Morgan fingerprint density at radius 2 is 2.20 bits per heavy atom. The third-order valence-corrected chi connectivity index (χ3v) is 4.13. The molecule has 1 aromatic carbocycles. The van der Waals surface area contributed by atoms with Gasteiger partial charge in [0.15, 0.2) is 0 Å². The molecule has 0 bridgehead atoms. The SMILES string of the molecule is Cc1cc2c(c(C)c1Br)[C@H](O)CCCO2. The monoisotopic (exact) mass is 270 g/mol. The summed E-state index contributed by atoms with van der Waals surface area (Å²) in [6.07, 6.45) is 1.30. The molecule has 1 aliphatic heterocycles. The van der Waals surface area contributed by atoms with Gasteiger partial charge >= 0.3 is 0 Å². The van der Waals surface area contributed by atoms with Crippen LogP contribution in [-0.4, -0.2) is 11.7 Å². The van der Waals surface area contributed by atoms with Crippen LogP contribution in [-0.2, 0) is 0 Å². The second-order valence-corrected chi connectivity index (χ2v) is 4.84. The van der Waals surface area contributed by atoms with Gasteiger partial charge < -0.3 is 9.84 Å². The van der Waals surface area contributed by atoms with E-state index >= 15 is 0 Å². The van der Waals surface area contributed by atoms with Crippen LogP contribution in [0.15, 0.2) is 10.5 Å². The molecule has 1 heterocycles. The second-order valence-electron chi connectivity index (χ2n) is 4.05. The maximum atomic E-state index is 10.0. The Labute approximate surface area is 98.4 Å². The molecule has 0 aliphatic carbocycles. The first-order valence-electron chi connectivity index (χ1n) is 5.21. The first-order valence-corrected chi connectivity index (χ1v) is 6.01. The predicted octanol–water partition coefficient (Wildman–Crippen LogP) is 3.27. The summed E-state index contributed by atoms with van der Waals surface area (Å²) in [5, 5.41) is 10.0. The molecular formula is C12H15BrO2. The van der Waals surface area contributed by atoms with E-state index < -0.39 is 0 Å². The lowest BCUT2D eigenvalue weighted by Gasteiger charge is -2.17. The molecule has 82 valence electrons. The smallest absolute Gasteiger partial charge is 0.125 e. The minimum absolute atomic E-state index is 0.389. The van der Waals surface area contributed by atoms with E-state index in [1.54, 1.807) is 0 Å². The van der Waals surface area contributed by atoms with E-state index in [0.717, 1.165) is 39.8 Å². The van der Waals surface area contributed by atoms with Crippen LogP contribution in [0.1, 0.15) is 35.6 Å². The number of hydrogen-bond acceptors (Lipinski definition) is 2. The Kier molecular flexibility index (Phi) is 3.03. The van der Waals surface area contributed by atoms with Gasteiger partial charge in [-0.25, -0.2) is 0 Å². The lowest BCUT2D eigenvalue weighted by atomic mass is 9.98. The zero-order valence-electron chi connectivity index (χ0n) is 9.01. The summed E-state index contributed by atoms with van der Waals surface area (Å²) < 4.78 is 6.73. The molecule has 1 N–H and O–H groups in total. The molecule has 0 aromatic heterocycles. The minimum Gasteiger partial charge on any atom is -0.493 e. The summed E-state index contributed by atoms with van der Waals surface area (Å²) in [6, 6.07) is 2.00. The topological polar surface area (TPSA) is 29.5 Å². The average Bonchev–Trinajstić information content (AvgIpc) is 2.37. The molecule has 1 aromatic rings. The van der Waals surface area contributed by atoms with Crippen molar-refractivity contribution in [3.8, 4) is 5.75 Å². The van der Waals surface area contributed by atoms with Crippen LogP contribution in [0.5, 0.6) is 5.75 Å². The van der Waals surface area contributed by atoms with E-state index in [-0.39, 0.29) is 6.10 Å². The highest BCUT2D eigenvalue weighted by Gasteiger charge is 2.21. The Bertz CT molecular complexity index is 388. The van der Waals surface area contributed by atoms with Gasteiger partial charge in [0.2, 0.25) is 0 Å².